The van der Waals surface area contributed by atoms with Crippen molar-refractivity contribution < 1.29 is 28.8 Å². The Hall–Kier alpha value is -3.95. The molecule has 1 N–H and O–H groups in total. The number of nitrogens with one attached hydrogen (secondary N) is 1. The van der Waals surface area contributed by atoms with Crippen molar-refractivity contribution in [2.45, 2.75) is 13.3 Å². The number of nitrogens with zero attached hydrogens (tertiary/aromatic N) is 2. The average molecular weight is 427 g/mol. The Morgan fingerprint density at radius 1 is 1.23 bits per heavy atom. The van der Waals surface area contributed by atoms with Crippen molar-refractivity contribution in [1.29, 1.82) is 0 Å². The van der Waals surface area contributed by atoms with Gasteiger partial charge in [0.1, 0.15) is 11.4 Å². The monoisotopic (exact) mass is 427 g/mol. The van der Waals surface area contributed by atoms with Gasteiger partial charge in [-0.3, -0.25) is 24.5 Å². The molecule has 0 radical (unpaired) electrons. The maximum absolute atomic E-state index is 12.3. The van der Waals surface area contributed by atoms with Crippen LogP contribution in [0.4, 0.5) is 17.1 Å². The largest absolute Gasteiger partial charge is 0.497 e. The predicted molar refractivity (Wildman–Crippen MR) is 111 cm³/mol. The van der Waals surface area contributed by atoms with Crippen LogP contribution in [0.1, 0.15) is 12.0 Å². The lowest BCUT2D eigenvalue weighted by molar-refractivity contribution is -0.383. The fraction of sp³-hybridized carbons (Fsp3) is 0.286. The number of hydrogen-bond donors (Lipinski definition) is 1. The van der Waals surface area contributed by atoms with E-state index in [9.17, 15) is 24.5 Å². The molecule has 1 heterocycles. The van der Waals surface area contributed by atoms with Crippen LogP contribution in [0, 0.1) is 23.0 Å². The first-order chi connectivity index (χ1) is 14.8. The molecule has 10 heteroatoms. The van der Waals surface area contributed by atoms with Crippen molar-refractivity contribution in [2.24, 2.45) is 5.92 Å². The molecular formula is C21H21N3O7. The highest BCUT2D eigenvalue weighted by Crippen LogP contribution is 2.29. The zero-order valence-electron chi connectivity index (χ0n) is 17.0. The Kier molecular flexibility index (Phi) is 6.49. The molecule has 0 aromatic heterocycles. The lowest BCUT2D eigenvalue weighted by Crippen LogP contribution is -2.28. The van der Waals surface area contributed by atoms with E-state index >= 15 is 0 Å². The van der Waals surface area contributed by atoms with Gasteiger partial charge in [-0.05, 0) is 25.1 Å². The molecule has 10 nitrogen and oxygen atoms in total. The highest BCUT2D eigenvalue weighted by molar-refractivity contribution is 6.00. The number of methoxy groups -OCH3 is 1. The zero-order valence-corrected chi connectivity index (χ0v) is 17.0. The van der Waals surface area contributed by atoms with E-state index < -0.39 is 29.3 Å². The molecular weight excluding hydrogens is 406 g/mol. The number of carbonyl (C=O) groups excluding carboxylic acids is 3. The Morgan fingerprint density at radius 3 is 2.58 bits per heavy atom. The molecule has 3 rings (SSSR count). The summed E-state index contributed by atoms with van der Waals surface area (Å²) in [6.45, 7) is 1.45. The van der Waals surface area contributed by atoms with Crippen molar-refractivity contribution in [2.75, 3.05) is 30.5 Å². The molecule has 2 aromatic rings. The maximum Gasteiger partial charge on any atom is 0.311 e. The molecule has 0 spiro atoms. The van der Waals surface area contributed by atoms with Crippen molar-refractivity contribution in [3.05, 3.63) is 58.1 Å². The van der Waals surface area contributed by atoms with E-state index in [2.05, 4.69) is 5.32 Å². The Labute approximate surface area is 177 Å². The summed E-state index contributed by atoms with van der Waals surface area (Å²) in [5, 5.41) is 13.5. The summed E-state index contributed by atoms with van der Waals surface area (Å²) in [7, 11) is 1.39. The van der Waals surface area contributed by atoms with E-state index in [-0.39, 0.29) is 30.2 Å². The molecule has 2 amide bonds. The van der Waals surface area contributed by atoms with Gasteiger partial charge >= 0.3 is 5.97 Å². The lowest BCUT2D eigenvalue weighted by Gasteiger charge is -2.16. The minimum atomic E-state index is -0.746. The van der Waals surface area contributed by atoms with Gasteiger partial charge in [-0.15, -0.1) is 0 Å². The number of esters is 1. The molecule has 1 saturated heterocycles. The van der Waals surface area contributed by atoms with Gasteiger partial charge in [0.05, 0.1) is 18.0 Å². The van der Waals surface area contributed by atoms with Crippen molar-refractivity contribution >= 4 is 34.8 Å². The molecule has 2 aromatic carbocycles. The first-order valence-electron chi connectivity index (χ1n) is 9.44. The van der Waals surface area contributed by atoms with Crippen LogP contribution in [-0.2, 0) is 19.1 Å². The second-order valence-corrected chi connectivity index (χ2v) is 7.04. The van der Waals surface area contributed by atoms with Gasteiger partial charge in [0, 0.05) is 30.8 Å². The number of ether oxygens (including phenoxy) is 2. The lowest BCUT2D eigenvalue weighted by atomic mass is 10.1. The van der Waals surface area contributed by atoms with Crippen LogP contribution in [0.5, 0.6) is 5.75 Å². The van der Waals surface area contributed by atoms with Crippen LogP contribution in [0.2, 0.25) is 0 Å². The van der Waals surface area contributed by atoms with Crippen LogP contribution in [0.15, 0.2) is 42.5 Å². The average Bonchev–Trinajstić information content (AvgIpc) is 3.14. The number of carbonyl (C=O) groups is 3. The van der Waals surface area contributed by atoms with Crippen molar-refractivity contribution in [3.8, 4) is 5.75 Å². The summed E-state index contributed by atoms with van der Waals surface area (Å²) < 4.78 is 10.0. The summed E-state index contributed by atoms with van der Waals surface area (Å²) >= 11 is 0. The molecule has 162 valence electrons. The number of amides is 2. The van der Waals surface area contributed by atoms with Gasteiger partial charge < -0.3 is 19.7 Å². The molecule has 1 fully saturated rings. The summed E-state index contributed by atoms with van der Waals surface area (Å²) in [6, 6.07) is 11.2. The van der Waals surface area contributed by atoms with Crippen LogP contribution < -0.4 is 15.0 Å². The SMILES string of the molecule is COc1ccc([N+](=O)[O-])c(NC(=O)COC(=O)[C@H]2CC(=O)N(c3ccc(C)cc3)C2)c1. The van der Waals surface area contributed by atoms with E-state index in [0.717, 1.165) is 5.56 Å². The summed E-state index contributed by atoms with van der Waals surface area (Å²) in [5.41, 5.74) is 1.34. The molecule has 1 aliphatic heterocycles. The molecule has 0 bridgehead atoms. The number of benzene rings is 2. The first kappa shape index (κ1) is 21.8. The summed E-state index contributed by atoms with van der Waals surface area (Å²) in [5.74, 6) is -2.02. The van der Waals surface area contributed by atoms with Crippen molar-refractivity contribution in [1.82, 2.24) is 0 Å². The van der Waals surface area contributed by atoms with Crippen LogP contribution >= 0.6 is 0 Å². The number of hydrogen-bond acceptors (Lipinski definition) is 7. The molecule has 1 atom stereocenters. The van der Waals surface area contributed by atoms with Gasteiger partial charge in [0.25, 0.3) is 11.6 Å². The minimum absolute atomic E-state index is 0.0182. The second-order valence-electron chi connectivity index (χ2n) is 7.04. The fourth-order valence-electron chi connectivity index (χ4n) is 3.18. The molecule has 1 aliphatic rings. The Balaban J connectivity index is 1.57. The number of nitro benzene ring substituents is 1. The van der Waals surface area contributed by atoms with E-state index in [4.69, 9.17) is 9.47 Å². The van der Waals surface area contributed by atoms with E-state index in [1.54, 1.807) is 12.1 Å². The van der Waals surface area contributed by atoms with Gasteiger partial charge in [0.15, 0.2) is 6.61 Å². The normalized spacial score (nSPS) is 15.5. The predicted octanol–water partition coefficient (Wildman–Crippen LogP) is 2.45. The van der Waals surface area contributed by atoms with Crippen molar-refractivity contribution in [3.63, 3.8) is 0 Å². The van der Waals surface area contributed by atoms with E-state index in [1.165, 1.54) is 30.2 Å². The number of anilines is 2. The topological polar surface area (TPSA) is 128 Å². The first-order valence-corrected chi connectivity index (χ1v) is 9.44. The van der Waals surface area contributed by atoms with E-state index in [0.29, 0.717) is 11.4 Å². The van der Waals surface area contributed by atoms with Crippen LogP contribution in [0.3, 0.4) is 0 Å². The molecule has 31 heavy (non-hydrogen) atoms. The Morgan fingerprint density at radius 2 is 1.94 bits per heavy atom. The van der Waals surface area contributed by atoms with Crippen LogP contribution in [-0.4, -0.2) is 43.0 Å². The fourth-order valence-corrected chi connectivity index (χ4v) is 3.18. The molecule has 0 unspecified atom stereocenters. The minimum Gasteiger partial charge on any atom is -0.497 e. The van der Waals surface area contributed by atoms with E-state index in [1.807, 2.05) is 19.1 Å². The number of rotatable bonds is 7. The third kappa shape index (κ3) is 5.16. The smallest absolute Gasteiger partial charge is 0.311 e. The summed E-state index contributed by atoms with van der Waals surface area (Å²) in [6.07, 6.45) is -0.0182. The quantitative estimate of drug-likeness (QED) is 0.408. The van der Waals surface area contributed by atoms with Gasteiger partial charge in [-0.1, -0.05) is 17.7 Å². The zero-order chi connectivity index (χ0) is 22.5. The standard InChI is InChI=1S/C21H21N3O7/c1-13-3-5-15(6-4-13)23-11-14(9-20(23)26)21(27)31-12-19(25)22-17-10-16(30-2)7-8-18(17)24(28)29/h3-8,10,14H,9,11-12H2,1-2H3,(H,22,25)/t14-/m0/s1. The Bertz CT molecular complexity index is 1020. The van der Waals surface area contributed by atoms with Gasteiger partial charge in [0.2, 0.25) is 5.91 Å². The third-order valence-corrected chi connectivity index (χ3v) is 4.82. The van der Waals surface area contributed by atoms with Gasteiger partial charge in [-0.2, -0.15) is 0 Å². The molecule has 0 saturated carbocycles. The maximum atomic E-state index is 12.3. The highest BCUT2D eigenvalue weighted by Gasteiger charge is 2.36. The highest BCUT2D eigenvalue weighted by atomic mass is 16.6. The number of aryl methyl sites for hydroxylation is 1. The summed E-state index contributed by atoms with van der Waals surface area (Å²) in [4.78, 5) is 48.8. The second kappa shape index (κ2) is 9.24. The van der Waals surface area contributed by atoms with Gasteiger partial charge in [-0.25, -0.2) is 0 Å². The van der Waals surface area contributed by atoms with Crippen LogP contribution in [0.25, 0.3) is 0 Å². The number of nitro groups is 1. The molecule has 0 aliphatic carbocycles. The third-order valence-electron chi connectivity index (χ3n) is 4.82.